The van der Waals surface area contributed by atoms with E-state index in [-0.39, 0.29) is 6.61 Å². The summed E-state index contributed by atoms with van der Waals surface area (Å²) in [5.41, 5.74) is 0.760. The summed E-state index contributed by atoms with van der Waals surface area (Å²) in [4.78, 5) is 0. The summed E-state index contributed by atoms with van der Waals surface area (Å²) in [6, 6.07) is 7.47. The molecule has 0 amide bonds. The first-order chi connectivity index (χ1) is 10.3. The minimum absolute atomic E-state index is 0.252. The number of para-hydroxylation sites is 1. The molecule has 1 aromatic rings. The summed E-state index contributed by atoms with van der Waals surface area (Å²) in [6.07, 6.45) is 0.117. The highest BCUT2D eigenvalue weighted by Gasteiger charge is 2.12. The van der Waals surface area contributed by atoms with E-state index < -0.39 is 6.10 Å². The highest BCUT2D eigenvalue weighted by Crippen LogP contribution is 2.25. The molecule has 1 atom stereocenters. The molecule has 0 spiro atoms. The third-order valence-corrected chi connectivity index (χ3v) is 2.86. The van der Waals surface area contributed by atoms with Crippen molar-refractivity contribution in [3.63, 3.8) is 0 Å². The molecule has 0 heterocycles. The molecule has 0 aliphatic rings. The van der Waals surface area contributed by atoms with Gasteiger partial charge in [-0.1, -0.05) is 18.2 Å². The number of aliphatic hydroxyl groups is 1. The molecule has 1 unspecified atom stereocenters. The van der Waals surface area contributed by atoms with Gasteiger partial charge >= 0.3 is 0 Å². The zero-order valence-electron chi connectivity index (χ0n) is 12.9. The molecule has 5 heteroatoms. The fourth-order valence-corrected chi connectivity index (χ4v) is 1.83. The molecule has 0 saturated heterocycles. The van der Waals surface area contributed by atoms with Crippen LogP contribution in [0.5, 0.6) is 5.75 Å². The van der Waals surface area contributed by atoms with Gasteiger partial charge in [-0.3, -0.25) is 0 Å². The van der Waals surface area contributed by atoms with Gasteiger partial charge in [-0.2, -0.15) is 0 Å². The standard InChI is InChI=1S/C16H26O5/c1-3-21-16-8-5-4-7-14(16)15(17)13-20-10-6-9-19-12-11-18-2/h4-5,7-8,15,17H,3,6,9-13H2,1-2H3. The zero-order chi connectivity index (χ0) is 15.3. The molecule has 0 radical (unpaired) electrons. The molecular formula is C16H26O5. The van der Waals surface area contributed by atoms with Crippen molar-refractivity contribution >= 4 is 0 Å². The minimum Gasteiger partial charge on any atom is -0.493 e. The van der Waals surface area contributed by atoms with E-state index in [0.29, 0.717) is 38.8 Å². The van der Waals surface area contributed by atoms with Gasteiger partial charge in [0.1, 0.15) is 11.9 Å². The lowest BCUT2D eigenvalue weighted by Gasteiger charge is -2.15. The van der Waals surface area contributed by atoms with Crippen molar-refractivity contribution in [1.29, 1.82) is 0 Å². The molecule has 5 nitrogen and oxygen atoms in total. The first-order valence-electron chi connectivity index (χ1n) is 7.33. The van der Waals surface area contributed by atoms with Gasteiger partial charge in [-0.25, -0.2) is 0 Å². The van der Waals surface area contributed by atoms with Crippen LogP contribution in [-0.4, -0.2) is 51.9 Å². The predicted molar refractivity (Wildman–Crippen MR) is 80.7 cm³/mol. The zero-order valence-corrected chi connectivity index (χ0v) is 12.9. The Balaban J connectivity index is 2.20. The first-order valence-corrected chi connectivity index (χ1v) is 7.33. The van der Waals surface area contributed by atoms with E-state index in [1.165, 1.54) is 0 Å². The molecule has 120 valence electrons. The predicted octanol–water partition coefficient (Wildman–Crippen LogP) is 2.19. The normalized spacial score (nSPS) is 12.3. The van der Waals surface area contributed by atoms with Gasteiger partial charge in [-0.15, -0.1) is 0 Å². The lowest BCUT2D eigenvalue weighted by molar-refractivity contribution is 0.0173. The Bertz CT molecular complexity index is 369. The van der Waals surface area contributed by atoms with Crippen LogP contribution in [0.1, 0.15) is 25.0 Å². The van der Waals surface area contributed by atoms with Crippen molar-refractivity contribution in [1.82, 2.24) is 0 Å². The second-order valence-corrected chi connectivity index (χ2v) is 4.52. The molecule has 1 rings (SSSR count). The maximum atomic E-state index is 10.1. The Morgan fingerprint density at radius 1 is 1.05 bits per heavy atom. The van der Waals surface area contributed by atoms with Crippen LogP contribution < -0.4 is 4.74 Å². The average Bonchev–Trinajstić information content (AvgIpc) is 2.50. The largest absolute Gasteiger partial charge is 0.493 e. The van der Waals surface area contributed by atoms with Crippen molar-refractivity contribution in [3.8, 4) is 5.75 Å². The maximum absolute atomic E-state index is 10.1. The lowest BCUT2D eigenvalue weighted by Crippen LogP contribution is -2.11. The number of rotatable bonds is 12. The maximum Gasteiger partial charge on any atom is 0.125 e. The summed E-state index contributed by atoms with van der Waals surface area (Å²) in [5.74, 6) is 0.707. The van der Waals surface area contributed by atoms with E-state index in [2.05, 4.69) is 0 Å². The highest BCUT2D eigenvalue weighted by molar-refractivity contribution is 5.35. The molecule has 21 heavy (non-hydrogen) atoms. The van der Waals surface area contributed by atoms with Gasteiger partial charge in [0.25, 0.3) is 0 Å². The van der Waals surface area contributed by atoms with E-state index >= 15 is 0 Å². The van der Waals surface area contributed by atoms with Crippen LogP contribution in [0.4, 0.5) is 0 Å². The van der Waals surface area contributed by atoms with Crippen molar-refractivity contribution < 1.29 is 24.1 Å². The highest BCUT2D eigenvalue weighted by atomic mass is 16.5. The second-order valence-electron chi connectivity index (χ2n) is 4.52. The van der Waals surface area contributed by atoms with Crippen LogP contribution in [-0.2, 0) is 14.2 Å². The molecule has 0 aliphatic carbocycles. The number of hydrogen-bond donors (Lipinski definition) is 1. The molecular weight excluding hydrogens is 272 g/mol. The smallest absolute Gasteiger partial charge is 0.125 e. The number of aliphatic hydroxyl groups excluding tert-OH is 1. The average molecular weight is 298 g/mol. The molecule has 0 bridgehead atoms. The van der Waals surface area contributed by atoms with Gasteiger partial charge in [0.15, 0.2) is 0 Å². The van der Waals surface area contributed by atoms with Gasteiger partial charge in [0.2, 0.25) is 0 Å². The summed E-state index contributed by atoms with van der Waals surface area (Å²) in [6.45, 7) is 5.14. The van der Waals surface area contributed by atoms with Crippen LogP contribution in [0, 0.1) is 0 Å². The number of ether oxygens (including phenoxy) is 4. The summed E-state index contributed by atoms with van der Waals surface area (Å²) < 4.78 is 21.2. The van der Waals surface area contributed by atoms with E-state index in [1.54, 1.807) is 7.11 Å². The summed E-state index contributed by atoms with van der Waals surface area (Å²) >= 11 is 0. The van der Waals surface area contributed by atoms with E-state index in [1.807, 2.05) is 31.2 Å². The lowest BCUT2D eigenvalue weighted by atomic mass is 10.1. The minimum atomic E-state index is -0.679. The van der Waals surface area contributed by atoms with E-state index in [9.17, 15) is 5.11 Å². The van der Waals surface area contributed by atoms with Gasteiger partial charge in [0, 0.05) is 25.9 Å². The Morgan fingerprint density at radius 2 is 1.81 bits per heavy atom. The topological polar surface area (TPSA) is 57.2 Å². The van der Waals surface area contributed by atoms with E-state index in [0.717, 1.165) is 12.0 Å². The fraction of sp³-hybridized carbons (Fsp3) is 0.625. The van der Waals surface area contributed by atoms with Crippen LogP contribution in [0.25, 0.3) is 0 Å². The van der Waals surface area contributed by atoms with Crippen LogP contribution >= 0.6 is 0 Å². The fourth-order valence-electron chi connectivity index (χ4n) is 1.83. The van der Waals surface area contributed by atoms with Crippen molar-refractivity contribution in [2.24, 2.45) is 0 Å². The number of hydrogen-bond acceptors (Lipinski definition) is 5. The summed E-state index contributed by atoms with van der Waals surface area (Å²) in [5, 5.41) is 10.1. The monoisotopic (exact) mass is 298 g/mol. The number of methoxy groups -OCH3 is 1. The molecule has 0 aromatic heterocycles. The van der Waals surface area contributed by atoms with Gasteiger partial charge in [0.05, 0.1) is 26.4 Å². The van der Waals surface area contributed by atoms with Crippen LogP contribution in [0.15, 0.2) is 24.3 Å². The quantitative estimate of drug-likeness (QED) is 0.599. The van der Waals surface area contributed by atoms with E-state index in [4.69, 9.17) is 18.9 Å². The third kappa shape index (κ3) is 7.43. The Hall–Kier alpha value is -1.14. The van der Waals surface area contributed by atoms with Crippen molar-refractivity contribution in [2.75, 3.05) is 46.8 Å². The molecule has 0 fully saturated rings. The molecule has 1 N–H and O–H groups in total. The van der Waals surface area contributed by atoms with Crippen molar-refractivity contribution in [3.05, 3.63) is 29.8 Å². The van der Waals surface area contributed by atoms with Gasteiger partial charge < -0.3 is 24.1 Å². The van der Waals surface area contributed by atoms with Crippen LogP contribution in [0.2, 0.25) is 0 Å². The van der Waals surface area contributed by atoms with Gasteiger partial charge in [-0.05, 0) is 19.4 Å². The van der Waals surface area contributed by atoms with Crippen LogP contribution in [0.3, 0.4) is 0 Å². The molecule has 0 saturated carbocycles. The Kier molecular flexibility index (Phi) is 9.82. The third-order valence-electron chi connectivity index (χ3n) is 2.86. The Morgan fingerprint density at radius 3 is 2.57 bits per heavy atom. The molecule has 0 aliphatic heterocycles. The second kappa shape index (κ2) is 11.5. The number of benzene rings is 1. The Labute approximate surface area is 126 Å². The van der Waals surface area contributed by atoms with Crippen molar-refractivity contribution in [2.45, 2.75) is 19.4 Å². The first kappa shape index (κ1) is 17.9. The SMILES string of the molecule is CCOc1ccccc1C(O)COCCCOCCOC. The molecule has 1 aromatic carbocycles. The summed E-state index contributed by atoms with van der Waals surface area (Å²) in [7, 11) is 1.65.